The van der Waals surface area contributed by atoms with Gasteiger partial charge in [-0.15, -0.1) is 0 Å². The third kappa shape index (κ3) is 1.28. The summed E-state index contributed by atoms with van der Waals surface area (Å²) in [6.45, 7) is 0. The maximum Gasteiger partial charge on any atom is 0.404 e. The molecule has 1 spiro atoms. The van der Waals surface area contributed by atoms with Gasteiger partial charge in [-0.2, -0.15) is 13.2 Å². The first-order valence-electron chi connectivity index (χ1n) is 5.00. The Labute approximate surface area is 85.8 Å². The van der Waals surface area contributed by atoms with E-state index in [2.05, 4.69) is 4.74 Å². The van der Waals surface area contributed by atoms with Crippen LogP contribution in [0.1, 0.15) is 32.1 Å². The summed E-state index contributed by atoms with van der Waals surface area (Å²) in [5.74, 6) is -1.12. The van der Waals surface area contributed by atoms with E-state index in [0.29, 0.717) is 0 Å². The molecule has 2 nitrogen and oxygen atoms in total. The first-order chi connectivity index (χ1) is 6.85. The van der Waals surface area contributed by atoms with Gasteiger partial charge in [-0.3, -0.25) is 4.79 Å². The van der Waals surface area contributed by atoms with E-state index in [-0.39, 0.29) is 18.3 Å². The largest absolute Gasteiger partial charge is 0.468 e. The van der Waals surface area contributed by atoms with Gasteiger partial charge in [-0.1, -0.05) is 6.42 Å². The molecule has 0 radical (unpaired) electrons. The second-order valence-electron chi connectivity index (χ2n) is 4.78. The fourth-order valence-electron chi connectivity index (χ4n) is 2.91. The molecule has 0 aliphatic heterocycles. The molecule has 0 N–H and O–H groups in total. The van der Waals surface area contributed by atoms with Crippen LogP contribution in [0.5, 0.6) is 0 Å². The maximum atomic E-state index is 12.8. The summed E-state index contributed by atoms with van der Waals surface area (Å²) < 4.78 is 42.7. The summed E-state index contributed by atoms with van der Waals surface area (Å²) in [6.07, 6.45) is -1.99. The highest BCUT2D eigenvalue weighted by molar-refractivity contribution is 5.79. The summed E-state index contributed by atoms with van der Waals surface area (Å²) in [4.78, 5) is 11.2. The molecular formula is C10H13F3O2. The van der Waals surface area contributed by atoms with E-state index < -0.39 is 17.6 Å². The van der Waals surface area contributed by atoms with E-state index in [9.17, 15) is 18.0 Å². The summed E-state index contributed by atoms with van der Waals surface area (Å²) in [6, 6.07) is 0. The minimum absolute atomic E-state index is 0.0732. The van der Waals surface area contributed by atoms with Gasteiger partial charge in [-0.05, 0) is 31.1 Å². The van der Waals surface area contributed by atoms with E-state index in [4.69, 9.17) is 0 Å². The minimum atomic E-state index is -4.47. The number of rotatable bonds is 1. The van der Waals surface area contributed by atoms with Gasteiger partial charge in [0.25, 0.3) is 0 Å². The number of halogens is 3. The summed E-state index contributed by atoms with van der Waals surface area (Å²) in [5.41, 5.74) is -2.41. The van der Waals surface area contributed by atoms with E-state index >= 15 is 0 Å². The van der Waals surface area contributed by atoms with Crippen molar-refractivity contribution in [1.82, 2.24) is 0 Å². The van der Waals surface area contributed by atoms with Gasteiger partial charge in [0.15, 0.2) is 5.41 Å². The number of alkyl halides is 3. The van der Waals surface area contributed by atoms with Crippen LogP contribution in [0.25, 0.3) is 0 Å². The molecule has 0 unspecified atom stereocenters. The molecule has 0 atom stereocenters. The number of carbonyl (C=O) groups excluding carboxylic acids is 1. The Balaban J connectivity index is 2.17. The molecule has 5 heteroatoms. The number of hydrogen-bond acceptors (Lipinski definition) is 2. The SMILES string of the molecule is COC(=O)C1(C(F)(F)F)CC2(CCC2)C1. The monoisotopic (exact) mass is 222 g/mol. The van der Waals surface area contributed by atoms with Crippen molar-refractivity contribution in [1.29, 1.82) is 0 Å². The molecule has 0 heterocycles. The lowest BCUT2D eigenvalue weighted by Crippen LogP contribution is -2.61. The van der Waals surface area contributed by atoms with Gasteiger partial charge < -0.3 is 4.74 Å². The number of ether oxygens (including phenoxy) is 1. The highest BCUT2D eigenvalue weighted by atomic mass is 19.4. The highest BCUT2D eigenvalue weighted by Crippen LogP contribution is 2.69. The average Bonchev–Trinajstić information content (AvgIpc) is 1.96. The lowest BCUT2D eigenvalue weighted by atomic mass is 9.45. The van der Waals surface area contributed by atoms with Crippen LogP contribution >= 0.6 is 0 Å². The quantitative estimate of drug-likeness (QED) is 0.637. The zero-order valence-electron chi connectivity index (χ0n) is 8.49. The molecule has 15 heavy (non-hydrogen) atoms. The normalized spacial score (nSPS) is 26.7. The number of carbonyl (C=O) groups is 1. The van der Waals surface area contributed by atoms with Crippen molar-refractivity contribution in [3.8, 4) is 0 Å². The molecule has 2 aliphatic rings. The Hall–Kier alpha value is -0.740. The van der Waals surface area contributed by atoms with Crippen molar-refractivity contribution in [2.75, 3.05) is 7.11 Å². The predicted molar refractivity (Wildman–Crippen MR) is 46.0 cm³/mol. The molecule has 0 saturated heterocycles. The molecule has 0 aromatic carbocycles. The Morgan fingerprint density at radius 1 is 1.27 bits per heavy atom. The smallest absolute Gasteiger partial charge is 0.404 e. The van der Waals surface area contributed by atoms with Crippen LogP contribution in [0.3, 0.4) is 0 Å². The molecule has 0 aromatic heterocycles. The first kappa shape index (κ1) is 10.8. The van der Waals surface area contributed by atoms with Crippen molar-refractivity contribution in [2.45, 2.75) is 38.3 Å². The van der Waals surface area contributed by atoms with Crippen molar-refractivity contribution in [3.05, 3.63) is 0 Å². The van der Waals surface area contributed by atoms with Crippen LogP contribution in [0.2, 0.25) is 0 Å². The van der Waals surface area contributed by atoms with Crippen molar-refractivity contribution >= 4 is 5.97 Å². The fraction of sp³-hybridized carbons (Fsp3) is 0.900. The molecule has 0 amide bonds. The molecule has 2 aliphatic carbocycles. The van der Waals surface area contributed by atoms with Crippen molar-refractivity contribution in [2.24, 2.45) is 10.8 Å². The highest BCUT2D eigenvalue weighted by Gasteiger charge is 2.73. The third-order valence-corrected chi connectivity index (χ3v) is 3.89. The fourth-order valence-corrected chi connectivity index (χ4v) is 2.91. The summed E-state index contributed by atoms with van der Waals surface area (Å²) >= 11 is 0. The van der Waals surface area contributed by atoms with Gasteiger partial charge in [0.05, 0.1) is 7.11 Å². The summed E-state index contributed by atoms with van der Waals surface area (Å²) in [5, 5.41) is 0. The summed E-state index contributed by atoms with van der Waals surface area (Å²) in [7, 11) is 1.02. The van der Waals surface area contributed by atoms with Crippen LogP contribution in [0.15, 0.2) is 0 Å². The van der Waals surface area contributed by atoms with Gasteiger partial charge >= 0.3 is 12.1 Å². The lowest BCUT2D eigenvalue weighted by molar-refractivity contribution is -0.289. The van der Waals surface area contributed by atoms with Gasteiger partial charge in [0.1, 0.15) is 0 Å². The van der Waals surface area contributed by atoms with E-state index in [1.165, 1.54) is 0 Å². The van der Waals surface area contributed by atoms with Crippen molar-refractivity contribution in [3.63, 3.8) is 0 Å². The van der Waals surface area contributed by atoms with E-state index in [0.717, 1.165) is 26.4 Å². The number of hydrogen-bond donors (Lipinski definition) is 0. The molecular weight excluding hydrogens is 209 g/mol. The Morgan fingerprint density at radius 2 is 1.80 bits per heavy atom. The molecule has 2 fully saturated rings. The van der Waals surface area contributed by atoms with Crippen LogP contribution in [0.4, 0.5) is 13.2 Å². The zero-order valence-corrected chi connectivity index (χ0v) is 8.49. The lowest BCUT2D eigenvalue weighted by Gasteiger charge is -2.59. The molecule has 2 rings (SSSR count). The topological polar surface area (TPSA) is 26.3 Å². The van der Waals surface area contributed by atoms with Crippen LogP contribution in [0, 0.1) is 10.8 Å². The van der Waals surface area contributed by atoms with Crippen LogP contribution in [-0.4, -0.2) is 19.3 Å². The van der Waals surface area contributed by atoms with E-state index in [1.807, 2.05) is 0 Å². The Morgan fingerprint density at radius 3 is 2.07 bits per heavy atom. The second-order valence-corrected chi connectivity index (χ2v) is 4.78. The number of methoxy groups -OCH3 is 1. The number of esters is 1. The first-order valence-corrected chi connectivity index (χ1v) is 5.00. The molecule has 2 saturated carbocycles. The zero-order chi connectivity index (χ0) is 11.3. The average molecular weight is 222 g/mol. The van der Waals surface area contributed by atoms with Gasteiger partial charge in [0.2, 0.25) is 0 Å². The van der Waals surface area contributed by atoms with Crippen LogP contribution < -0.4 is 0 Å². The molecule has 86 valence electrons. The minimum Gasteiger partial charge on any atom is -0.468 e. The Bertz CT molecular complexity index is 284. The van der Waals surface area contributed by atoms with Crippen LogP contribution in [-0.2, 0) is 9.53 Å². The van der Waals surface area contributed by atoms with Gasteiger partial charge in [-0.25, -0.2) is 0 Å². The standard InChI is InChI=1S/C10H13F3O2/c1-15-7(14)9(10(11,12)13)5-8(6-9)3-2-4-8/h2-6H2,1H3. The predicted octanol–water partition coefficient (Wildman–Crippen LogP) is 2.67. The maximum absolute atomic E-state index is 12.8. The van der Waals surface area contributed by atoms with Crippen molar-refractivity contribution < 1.29 is 22.7 Å². The van der Waals surface area contributed by atoms with E-state index in [1.54, 1.807) is 0 Å². The second kappa shape index (κ2) is 2.89. The molecule has 0 aromatic rings. The Kier molecular flexibility index (Phi) is 2.07. The van der Waals surface area contributed by atoms with Gasteiger partial charge in [0, 0.05) is 0 Å². The molecule has 0 bridgehead atoms. The third-order valence-electron chi connectivity index (χ3n) is 3.89.